The highest BCUT2D eigenvalue weighted by atomic mass is 35.5. The maximum Gasteiger partial charge on any atom is 0.238 e. The number of nitrogens with zero attached hydrogens (tertiary/aromatic N) is 1. The van der Waals surface area contributed by atoms with E-state index in [1.807, 2.05) is 12.3 Å². The van der Waals surface area contributed by atoms with Gasteiger partial charge in [-0.05, 0) is 42.2 Å². The van der Waals surface area contributed by atoms with Crippen molar-refractivity contribution in [3.05, 3.63) is 58.1 Å². The largest absolute Gasteiger partial charge is 0.295 e. The molecule has 1 atom stereocenters. The Balaban J connectivity index is 1.96. The van der Waals surface area contributed by atoms with E-state index >= 15 is 0 Å². The lowest BCUT2D eigenvalue weighted by Crippen LogP contribution is -2.27. The van der Waals surface area contributed by atoms with E-state index in [0.29, 0.717) is 15.8 Å². The van der Waals surface area contributed by atoms with E-state index in [9.17, 15) is 4.79 Å². The molecule has 0 bridgehead atoms. The summed E-state index contributed by atoms with van der Waals surface area (Å²) in [5.74, 6) is 0.553. The Hall–Kier alpha value is -0.810. The highest BCUT2D eigenvalue weighted by Crippen LogP contribution is 2.43. The van der Waals surface area contributed by atoms with Crippen LogP contribution in [0.2, 0.25) is 10.0 Å². The number of anilines is 1. The van der Waals surface area contributed by atoms with Crippen molar-refractivity contribution in [2.45, 2.75) is 10.3 Å². The van der Waals surface area contributed by atoms with Gasteiger partial charge in [-0.2, -0.15) is 0 Å². The average Bonchev–Trinajstić information content (AvgIpc) is 2.92. The van der Waals surface area contributed by atoms with Crippen LogP contribution >= 0.6 is 46.7 Å². The first-order valence-electron chi connectivity index (χ1n) is 6.63. The summed E-state index contributed by atoms with van der Waals surface area (Å²) in [5, 5.41) is 0.923. The van der Waals surface area contributed by atoms with Crippen molar-refractivity contribution < 1.29 is 4.79 Å². The predicted octanol–water partition coefficient (Wildman–Crippen LogP) is 5.49. The van der Waals surface area contributed by atoms with Crippen LogP contribution in [0, 0.1) is 0 Å². The molecule has 0 radical (unpaired) electrons. The summed E-state index contributed by atoms with van der Waals surface area (Å²) >= 11 is 15.4. The Labute approximate surface area is 148 Å². The minimum atomic E-state index is -0.0272. The van der Waals surface area contributed by atoms with Crippen LogP contribution in [0.15, 0.2) is 47.4 Å². The summed E-state index contributed by atoms with van der Waals surface area (Å²) in [5.41, 5.74) is 1.89. The Morgan fingerprint density at radius 3 is 2.50 bits per heavy atom. The van der Waals surface area contributed by atoms with Crippen LogP contribution in [-0.4, -0.2) is 17.9 Å². The number of hydrogen-bond donors (Lipinski definition) is 0. The Morgan fingerprint density at radius 2 is 1.86 bits per heavy atom. The molecule has 0 N–H and O–H groups in total. The van der Waals surface area contributed by atoms with E-state index in [4.69, 9.17) is 23.2 Å². The van der Waals surface area contributed by atoms with E-state index in [0.717, 1.165) is 11.3 Å². The zero-order valence-electron chi connectivity index (χ0n) is 11.8. The minimum Gasteiger partial charge on any atom is -0.295 e. The molecule has 0 aliphatic carbocycles. The van der Waals surface area contributed by atoms with Crippen molar-refractivity contribution in [1.82, 2.24) is 0 Å². The highest BCUT2D eigenvalue weighted by Gasteiger charge is 2.34. The standard InChI is InChI=1S/C16H13Cl2NOS2/c1-21-12-5-2-10(3-6-12)16-19(15(20)9-22-16)11-4-7-13(17)14(18)8-11/h2-8,16H,9H2,1H3/t16-/m1/s1. The fourth-order valence-electron chi connectivity index (χ4n) is 2.35. The van der Waals surface area contributed by atoms with Gasteiger partial charge in [-0.25, -0.2) is 0 Å². The van der Waals surface area contributed by atoms with E-state index in [1.54, 1.807) is 40.6 Å². The van der Waals surface area contributed by atoms with E-state index < -0.39 is 0 Å². The molecular formula is C16H13Cl2NOS2. The Kier molecular flexibility index (Phi) is 4.93. The molecule has 1 amide bonds. The predicted molar refractivity (Wildman–Crippen MR) is 97.4 cm³/mol. The fraction of sp³-hybridized carbons (Fsp3) is 0.188. The van der Waals surface area contributed by atoms with Crippen molar-refractivity contribution in [2.24, 2.45) is 0 Å². The molecule has 0 saturated carbocycles. The summed E-state index contributed by atoms with van der Waals surface area (Å²) in [6.07, 6.45) is 2.05. The summed E-state index contributed by atoms with van der Waals surface area (Å²) in [6.45, 7) is 0. The molecule has 2 nitrogen and oxygen atoms in total. The normalized spacial score (nSPS) is 18.0. The van der Waals surface area contributed by atoms with Crippen molar-refractivity contribution in [1.29, 1.82) is 0 Å². The summed E-state index contributed by atoms with van der Waals surface area (Å²) in [4.78, 5) is 15.3. The number of carbonyl (C=O) groups excluding carboxylic acids is 1. The van der Waals surface area contributed by atoms with Crippen LogP contribution in [0.1, 0.15) is 10.9 Å². The molecule has 2 aromatic rings. The maximum atomic E-state index is 12.3. The average molecular weight is 370 g/mol. The van der Waals surface area contributed by atoms with Crippen LogP contribution in [0.4, 0.5) is 5.69 Å². The smallest absolute Gasteiger partial charge is 0.238 e. The van der Waals surface area contributed by atoms with E-state index in [-0.39, 0.29) is 11.3 Å². The van der Waals surface area contributed by atoms with Gasteiger partial charge in [0.05, 0.1) is 15.8 Å². The summed E-state index contributed by atoms with van der Waals surface area (Å²) in [6, 6.07) is 13.6. The van der Waals surface area contributed by atoms with Crippen molar-refractivity contribution in [3.8, 4) is 0 Å². The molecule has 1 fully saturated rings. The first-order chi connectivity index (χ1) is 10.6. The minimum absolute atomic E-state index is 0.0272. The van der Waals surface area contributed by atoms with Gasteiger partial charge in [0.25, 0.3) is 0 Å². The number of rotatable bonds is 3. The Bertz CT molecular complexity index is 706. The monoisotopic (exact) mass is 369 g/mol. The molecule has 0 aromatic heterocycles. The number of benzene rings is 2. The van der Waals surface area contributed by atoms with Crippen LogP contribution in [0.5, 0.6) is 0 Å². The van der Waals surface area contributed by atoms with Gasteiger partial charge in [0.1, 0.15) is 5.37 Å². The molecule has 2 aromatic carbocycles. The van der Waals surface area contributed by atoms with Gasteiger partial charge in [0.2, 0.25) is 5.91 Å². The second-order valence-electron chi connectivity index (χ2n) is 4.80. The first-order valence-corrected chi connectivity index (χ1v) is 9.66. The molecule has 1 saturated heterocycles. The first kappa shape index (κ1) is 16.1. The molecule has 3 rings (SSSR count). The van der Waals surface area contributed by atoms with E-state index in [2.05, 4.69) is 24.3 Å². The van der Waals surface area contributed by atoms with E-state index in [1.165, 1.54) is 4.90 Å². The molecule has 114 valence electrons. The van der Waals surface area contributed by atoms with Crippen LogP contribution in [0.3, 0.4) is 0 Å². The maximum absolute atomic E-state index is 12.3. The van der Waals surface area contributed by atoms with Gasteiger partial charge in [-0.1, -0.05) is 35.3 Å². The summed E-state index contributed by atoms with van der Waals surface area (Å²) in [7, 11) is 0. The Morgan fingerprint density at radius 1 is 1.14 bits per heavy atom. The lowest BCUT2D eigenvalue weighted by Gasteiger charge is -2.24. The quantitative estimate of drug-likeness (QED) is 0.666. The highest BCUT2D eigenvalue weighted by molar-refractivity contribution is 8.00. The van der Waals surface area contributed by atoms with Gasteiger partial charge in [-0.3, -0.25) is 9.69 Å². The van der Waals surface area contributed by atoms with Gasteiger partial charge in [0, 0.05) is 10.6 Å². The lowest BCUT2D eigenvalue weighted by atomic mass is 10.2. The molecular weight excluding hydrogens is 357 g/mol. The van der Waals surface area contributed by atoms with Crippen LogP contribution in [0.25, 0.3) is 0 Å². The third-order valence-electron chi connectivity index (χ3n) is 3.45. The van der Waals surface area contributed by atoms with Gasteiger partial charge in [-0.15, -0.1) is 23.5 Å². The molecule has 6 heteroatoms. The van der Waals surface area contributed by atoms with Gasteiger partial charge in [0.15, 0.2) is 0 Å². The van der Waals surface area contributed by atoms with Crippen LogP contribution < -0.4 is 4.90 Å². The molecule has 0 spiro atoms. The van der Waals surface area contributed by atoms with Gasteiger partial charge >= 0.3 is 0 Å². The molecule has 1 aliphatic rings. The molecule has 1 heterocycles. The zero-order chi connectivity index (χ0) is 15.7. The number of hydrogen-bond acceptors (Lipinski definition) is 3. The second kappa shape index (κ2) is 6.75. The van der Waals surface area contributed by atoms with Crippen molar-refractivity contribution in [2.75, 3.05) is 16.9 Å². The van der Waals surface area contributed by atoms with Crippen molar-refractivity contribution in [3.63, 3.8) is 0 Å². The lowest BCUT2D eigenvalue weighted by molar-refractivity contribution is -0.115. The number of carbonyl (C=O) groups is 1. The molecule has 1 aliphatic heterocycles. The molecule has 22 heavy (non-hydrogen) atoms. The van der Waals surface area contributed by atoms with Crippen molar-refractivity contribution >= 4 is 58.3 Å². The third kappa shape index (κ3) is 3.11. The topological polar surface area (TPSA) is 20.3 Å². The number of halogens is 2. The third-order valence-corrected chi connectivity index (χ3v) is 6.15. The second-order valence-corrected chi connectivity index (χ2v) is 7.56. The number of thioether (sulfide) groups is 2. The fourth-order valence-corrected chi connectivity index (χ4v) is 4.23. The summed E-state index contributed by atoms with van der Waals surface area (Å²) < 4.78 is 0. The molecule has 0 unspecified atom stereocenters. The van der Waals surface area contributed by atoms with Crippen LogP contribution in [-0.2, 0) is 4.79 Å². The van der Waals surface area contributed by atoms with Gasteiger partial charge < -0.3 is 0 Å². The SMILES string of the molecule is CSc1ccc([C@H]2SCC(=O)N2c2ccc(Cl)c(Cl)c2)cc1. The zero-order valence-corrected chi connectivity index (χ0v) is 14.9. The number of amides is 1.